The molecule has 7 heteroatoms. The van der Waals surface area contributed by atoms with Crippen LogP contribution in [0.1, 0.15) is 53.1 Å². The Labute approximate surface area is 184 Å². The Balaban J connectivity index is 3.18. The van der Waals surface area contributed by atoms with E-state index in [4.69, 9.17) is 37.8 Å². The van der Waals surface area contributed by atoms with Gasteiger partial charge in [0.25, 0.3) is 0 Å². The maximum atomic E-state index is 6.73. The smallest absolute Gasteiger partial charge is 0.192 e. The van der Waals surface area contributed by atoms with E-state index in [2.05, 4.69) is 67.7 Å². The summed E-state index contributed by atoms with van der Waals surface area (Å²) in [7, 11) is -3.96. The van der Waals surface area contributed by atoms with Gasteiger partial charge in [-0.05, 0) is 54.0 Å². The fourth-order valence-electron chi connectivity index (χ4n) is 2.21. The van der Waals surface area contributed by atoms with Crippen molar-refractivity contribution in [2.24, 2.45) is 5.73 Å². The lowest BCUT2D eigenvalue weighted by Gasteiger charge is -2.43. The van der Waals surface area contributed by atoms with Crippen LogP contribution in [0.3, 0.4) is 0 Å². The normalized spacial score (nSPS) is 16.2. The molecule has 0 aliphatic carbocycles. The van der Waals surface area contributed by atoms with Gasteiger partial charge < -0.3 is 14.6 Å². The van der Waals surface area contributed by atoms with Crippen molar-refractivity contribution in [2.75, 3.05) is 6.61 Å². The summed E-state index contributed by atoms with van der Waals surface area (Å²) in [6.45, 7) is 22.9. The summed E-state index contributed by atoms with van der Waals surface area (Å²) in [5.41, 5.74) is 7.59. The summed E-state index contributed by atoms with van der Waals surface area (Å²) in [6, 6.07) is 5.21. The Morgan fingerprint density at radius 2 is 1.39 bits per heavy atom. The average molecular weight is 465 g/mol. The summed E-state index contributed by atoms with van der Waals surface area (Å²) in [5.74, 6) is 0. The third-order valence-electron chi connectivity index (χ3n) is 6.40. The molecular formula is C21H39Cl2NO2Si2. The van der Waals surface area contributed by atoms with E-state index in [9.17, 15) is 0 Å². The zero-order valence-corrected chi connectivity index (χ0v) is 22.8. The molecule has 28 heavy (non-hydrogen) atoms. The summed E-state index contributed by atoms with van der Waals surface area (Å²) in [4.78, 5) is 0. The molecule has 3 nitrogen and oxygen atoms in total. The van der Waals surface area contributed by atoms with Crippen LogP contribution in [0.4, 0.5) is 0 Å². The second-order valence-electron chi connectivity index (χ2n) is 10.7. The minimum atomic E-state index is -2.03. The van der Waals surface area contributed by atoms with Gasteiger partial charge in [-0.15, -0.1) is 0 Å². The van der Waals surface area contributed by atoms with Gasteiger partial charge in [-0.25, -0.2) is 0 Å². The van der Waals surface area contributed by atoms with Crippen LogP contribution in [0, 0.1) is 0 Å². The van der Waals surface area contributed by atoms with E-state index in [0.717, 1.165) is 5.56 Å². The molecule has 0 radical (unpaired) electrons. The standard InChI is InChI=1S/C21H39Cl2NO2Si2/c1-20(2,3)27(7,8)25-14-18(26-28(9,10)21(4,5)6)19(24)15-11-12-16(22)17(23)13-15/h11-13,18-19H,14,24H2,1-10H3/t18-,19+/m1/s1. The Morgan fingerprint density at radius 1 is 0.893 bits per heavy atom. The van der Waals surface area contributed by atoms with Crippen molar-refractivity contribution in [1.82, 2.24) is 0 Å². The van der Waals surface area contributed by atoms with Crippen LogP contribution in [0.2, 0.25) is 46.3 Å². The number of rotatable bonds is 7. The number of nitrogens with two attached hydrogens (primary N) is 1. The van der Waals surface area contributed by atoms with Crippen LogP contribution < -0.4 is 5.73 Å². The van der Waals surface area contributed by atoms with Crippen molar-refractivity contribution in [3.05, 3.63) is 33.8 Å². The Bertz CT molecular complexity index is 667. The number of hydrogen-bond acceptors (Lipinski definition) is 3. The highest BCUT2D eigenvalue weighted by molar-refractivity contribution is 6.74. The highest BCUT2D eigenvalue weighted by Crippen LogP contribution is 2.40. The van der Waals surface area contributed by atoms with E-state index < -0.39 is 16.6 Å². The Kier molecular flexibility index (Phi) is 8.48. The second kappa shape index (κ2) is 9.08. The first-order valence-corrected chi connectivity index (χ1v) is 16.5. The van der Waals surface area contributed by atoms with Crippen LogP contribution >= 0.6 is 23.2 Å². The molecule has 0 unspecified atom stereocenters. The predicted octanol–water partition coefficient (Wildman–Crippen LogP) is 7.41. The molecule has 0 bridgehead atoms. The minimum absolute atomic E-state index is 0.0829. The van der Waals surface area contributed by atoms with Crippen molar-refractivity contribution in [1.29, 1.82) is 0 Å². The zero-order chi connectivity index (χ0) is 22.1. The topological polar surface area (TPSA) is 44.5 Å². The lowest BCUT2D eigenvalue weighted by molar-refractivity contribution is 0.0867. The molecule has 162 valence electrons. The van der Waals surface area contributed by atoms with Gasteiger partial charge in [0.2, 0.25) is 0 Å². The monoisotopic (exact) mass is 463 g/mol. The summed E-state index contributed by atoms with van der Waals surface area (Å²) in [5, 5.41) is 1.24. The van der Waals surface area contributed by atoms with E-state index in [1.54, 1.807) is 6.07 Å². The third-order valence-corrected chi connectivity index (χ3v) is 16.1. The van der Waals surface area contributed by atoms with Crippen molar-refractivity contribution in [2.45, 2.75) is 90.0 Å². The van der Waals surface area contributed by atoms with Crippen LogP contribution in [-0.2, 0) is 8.85 Å². The Morgan fingerprint density at radius 3 is 1.82 bits per heavy atom. The SMILES string of the molecule is CC(C)(C)[Si](C)(C)OC[C@@H](O[Si](C)(C)C(C)(C)C)[C@@H](N)c1ccc(Cl)c(Cl)c1. The van der Waals surface area contributed by atoms with E-state index in [1.165, 1.54) is 0 Å². The second-order valence-corrected chi connectivity index (χ2v) is 21.1. The van der Waals surface area contributed by atoms with E-state index in [-0.39, 0.29) is 22.2 Å². The molecule has 0 aliphatic rings. The molecule has 0 aromatic heterocycles. The van der Waals surface area contributed by atoms with Crippen LogP contribution in [0.15, 0.2) is 18.2 Å². The van der Waals surface area contributed by atoms with Gasteiger partial charge in [-0.3, -0.25) is 0 Å². The van der Waals surface area contributed by atoms with Gasteiger partial charge in [-0.1, -0.05) is 70.8 Å². The van der Waals surface area contributed by atoms with E-state index in [1.807, 2.05) is 12.1 Å². The highest BCUT2D eigenvalue weighted by Gasteiger charge is 2.42. The van der Waals surface area contributed by atoms with Gasteiger partial charge in [0.05, 0.1) is 28.8 Å². The average Bonchev–Trinajstić information content (AvgIpc) is 2.51. The van der Waals surface area contributed by atoms with Crippen LogP contribution in [0.25, 0.3) is 0 Å². The molecular weight excluding hydrogens is 425 g/mol. The fourth-order valence-corrected chi connectivity index (χ4v) is 4.85. The lowest BCUT2D eigenvalue weighted by Crippen LogP contribution is -2.50. The summed E-state index contributed by atoms with van der Waals surface area (Å²) >= 11 is 12.3. The molecule has 0 aliphatic heterocycles. The van der Waals surface area contributed by atoms with Crippen molar-refractivity contribution in [3.63, 3.8) is 0 Å². The van der Waals surface area contributed by atoms with E-state index in [0.29, 0.717) is 16.7 Å². The molecule has 1 rings (SSSR count). The lowest BCUT2D eigenvalue weighted by atomic mass is 10.0. The predicted molar refractivity (Wildman–Crippen MR) is 129 cm³/mol. The first-order chi connectivity index (χ1) is 12.4. The fraction of sp³-hybridized carbons (Fsp3) is 0.714. The van der Waals surface area contributed by atoms with Gasteiger partial charge in [0, 0.05) is 0 Å². The molecule has 0 fully saturated rings. The molecule has 2 atom stereocenters. The van der Waals surface area contributed by atoms with Crippen molar-refractivity contribution in [3.8, 4) is 0 Å². The number of benzene rings is 1. The Hall–Kier alpha value is 0.114. The molecule has 0 spiro atoms. The molecule has 1 aromatic carbocycles. The molecule has 1 aromatic rings. The largest absolute Gasteiger partial charge is 0.414 e. The summed E-state index contributed by atoms with van der Waals surface area (Å²) < 4.78 is 13.2. The number of halogens is 2. The maximum absolute atomic E-state index is 6.73. The first kappa shape index (κ1) is 26.1. The molecule has 0 saturated heterocycles. The van der Waals surface area contributed by atoms with Gasteiger partial charge in [-0.2, -0.15) is 0 Å². The highest BCUT2D eigenvalue weighted by atomic mass is 35.5. The molecule has 2 N–H and O–H groups in total. The maximum Gasteiger partial charge on any atom is 0.192 e. The number of hydrogen-bond donors (Lipinski definition) is 1. The quantitative estimate of drug-likeness (QED) is 0.427. The van der Waals surface area contributed by atoms with Gasteiger partial charge >= 0.3 is 0 Å². The van der Waals surface area contributed by atoms with Crippen LogP contribution in [0.5, 0.6) is 0 Å². The molecule has 0 saturated carbocycles. The van der Waals surface area contributed by atoms with Gasteiger partial charge in [0.1, 0.15) is 0 Å². The zero-order valence-electron chi connectivity index (χ0n) is 19.2. The van der Waals surface area contributed by atoms with Crippen LogP contribution in [-0.4, -0.2) is 29.3 Å². The van der Waals surface area contributed by atoms with Crippen molar-refractivity contribution < 1.29 is 8.85 Å². The van der Waals surface area contributed by atoms with Crippen molar-refractivity contribution >= 4 is 39.8 Å². The minimum Gasteiger partial charge on any atom is -0.414 e. The molecule has 0 amide bonds. The molecule has 0 heterocycles. The third kappa shape index (κ3) is 6.56. The van der Waals surface area contributed by atoms with Gasteiger partial charge in [0.15, 0.2) is 16.6 Å². The first-order valence-electron chi connectivity index (χ1n) is 9.91. The summed E-state index contributed by atoms with van der Waals surface area (Å²) in [6.07, 6.45) is -0.243. The van der Waals surface area contributed by atoms with E-state index >= 15 is 0 Å².